The van der Waals surface area contributed by atoms with Crippen molar-refractivity contribution in [1.82, 2.24) is 0 Å². The molecule has 0 amide bonds. The van der Waals surface area contributed by atoms with E-state index in [9.17, 15) is 15.0 Å². The number of aliphatic hydroxyl groups excluding tert-OH is 2. The van der Waals surface area contributed by atoms with Gasteiger partial charge in [0.15, 0.2) is 0 Å². The lowest BCUT2D eigenvalue weighted by Crippen LogP contribution is -2.27. The molecule has 3 nitrogen and oxygen atoms in total. The van der Waals surface area contributed by atoms with Crippen LogP contribution in [0.2, 0.25) is 0 Å². The summed E-state index contributed by atoms with van der Waals surface area (Å²) in [4.78, 5) is 10.6. The SMILES string of the molecule is CCCCCC(O)C(O)CC(C)=O. The highest BCUT2D eigenvalue weighted by Gasteiger charge is 2.16. The molecule has 0 heterocycles. The summed E-state index contributed by atoms with van der Waals surface area (Å²) in [6.45, 7) is 3.50. The van der Waals surface area contributed by atoms with Crippen LogP contribution in [0.15, 0.2) is 0 Å². The van der Waals surface area contributed by atoms with E-state index in [1.54, 1.807) is 0 Å². The van der Waals surface area contributed by atoms with E-state index in [-0.39, 0.29) is 12.2 Å². The molecule has 78 valence electrons. The minimum absolute atomic E-state index is 0.0628. The van der Waals surface area contributed by atoms with Gasteiger partial charge in [-0.05, 0) is 13.3 Å². The number of aliphatic hydroxyl groups is 2. The molecule has 0 spiro atoms. The average Bonchev–Trinajstić information content (AvgIpc) is 2.03. The van der Waals surface area contributed by atoms with Crippen LogP contribution in [0, 0.1) is 0 Å². The first-order valence-corrected chi connectivity index (χ1v) is 4.93. The van der Waals surface area contributed by atoms with E-state index in [0.29, 0.717) is 6.42 Å². The third-order valence-electron chi connectivity index (χ3n) is 2.04. The summed E-state index contributed by atoms with van der Waals surface area (Å²) >= 11 is 0. The number of Topliss-reactive ketones (excluding diaryl/α,β-unsaturated/α-hetero) is 1. The Labute approximate surface area is 79.8 Å². The quantitative estimate of drug-likeness (QED) is 0.591. The van der Waals surface area contributed by atoms with Crippen molar-refractivity contribution in [3.63, 3.8) is 0 Å². The lowest BCUT2D eigenvalue weighted by molar-refractivity contribution is -0.120. The normalized spacial score (nSPS) is 15.4. The molecule has 0 aliphatic heterocycles. The summed E-state index contributed by atoms with van der Waals surface area (Å²) in [6.07, 6.45) is 2.09. The zero-order chi connectivity index (χ0) is 10.3. The van der Waals surface area contributed by atoms with Crippen LogP contribution in [0.25, 0.3) is 0 Å². The van der Waals surface area contributed by atoms with Gasteiger partial charge in [0.05, 0.1) is 12.2 Å². The summed E-state index contributed by atoms with van der Waals surface area (Å²) in [6, 6.07) is 0. The summed E-state index contributed by atoms with van der Waals surface area (Å²) in [5.41, 5.74) is 0. The van der Waals surface area contributed by atoms with Gasteiger partial charge >= 0.3 is 0 Å². The molecule has 3 heteroatoms. The van der Waals surface area contributed by atoms with Crippen LogP contribution >= 0.6 is 0 Å². The molecule has 0 aromatic heterocycles. The Balaban J connectivity index is 3.56. The Kier molecular flexibility index (Phi) is 6.82. The maximum Gasteiger partial charge on any atom is 0.132 e. The van der Waals surface area contributed by atoms with Gasteiger partial charge in [0.2, 0.25) is 0 Å². The lowest BCUT2D eigenvalue weighted by Gasteiger charge is -2.15. The van der Waals surface area contributed by atoms with Crippen LogP contribution in [0.4, 0.5) is 0 Å². The predicted molar refractivity (Wildman–Crippen MR) is 51.5 cm³/mol. The van der Waals surface area contributed by atoms with Crippen LogP contribution in [0.5, 0.6) is 0 Å². The van der Waals surface area contributed by atoms with Crippen molar-refractivity contribution in [2.75, 3.05) is 0 Å². The molecule has 2 atom stereocenters. The summed E-state index contributed by atoms with van der Waals surface area (Å²) in [7, 11) is 0. The van der Waals surface area contributed by atoms with Crippen molar-refractivity contribution in [1.29, 1.82) is 0 Å². The largest absolute Gasteiger partial charge is 0.390 e. The van der Waals surface area contributed by atoms with E-state index in [4.69, 9.17) is 0 Å². The van der Waals surface area contributed by atoms with Gasteiger partial charge in [0.25, 0.3) is 0 Å². The molecule has 0 aromatic rings. The van der Waals surface area contributed by atoms with Gasteiger partial charge < -0.3 is 10.2 Å². The molecule has 13 heavy (non-hydrogen) atoms. The Morgan fingerprint density at radius 2 is 1.85 bits per heavy atom. The smallest absolute Gasteiger partial charge is 0.132 e. The number of rotatable bonds is 7. The molecule has 0 aliphatic carbocycles. The first-order chi connectivity index (χ1) is 6.07. The first-order valence-electron chi connectivity index (χ1n) is 4.93. The molecule has 2 N–H and O–H groups in total. The Hall–Kier alpha value is -0.410. The Morgan fingerprint density at radius 1 is 1.23 bits per heavy atom. The minimum Gasteiger partial charge on any atom is -0.390 e. The molecule has 0 bridgehead atoms. The van der Waals surface area contributed by atoms with Crippen molar-refractivity contribution in [3.8, 4) is 0 Å². The maximum atomic E-state index is 10.6. The standard InChI is InChI=1S/C10H20O3/c1-3-4-5-6-9(12)10(13)7-8(2)11/h9-10,12-13H,3-7H2,1-2H3. The third kappa shape index (κ3) is 6.72. The number of unbranched alkanes of at least 4 members (excludes halogenated alkanes) is 2. The van der Waals surface area contributed by atoms with Crippen LogP contribution in [0.1, 0.15) is 46.0 Å². The van der Waals surface area contributed by atoms with Crippen molar-refractivity contribution >= 4 is 5.78 Å². The van der Waals surface area contributed by atoms with Crippen LogP contribution < -0.4 is 0 Å². The van der Waals surface area contributed by atoms with Crippen molar-refractivity contribution in [2.45, 2.75) is 58.2 Å². The van der Waals surface area contributed by atoms with Gasteiger partial charge in [-0.15, -0.1) is 0 Å². The van der Waals surface area contributed by atoms with E-state index < -0.39 is 12.2 Å². The zero-order valence-electron chi connectivity index (χ0n) is 8.49. The fourth-order valence-corrected chi connectivity index (χ4v) is 1.23. The first kappa shape index (κ1) is 12.6. The van der Waals surface area contributed by atoms with Gasteiger partial charge in [-0.25, -0.2) is 0 Å². The van der Waals surface area contributed by atoms with Crippen molar-refractivity contribution in [2.24, 2.45) is 0 Å². The number of hydrogen-bond acceptors (Lipinski definition) is 3. The highest BCUT2D eigenvalue weighted by Crippen LogP contribution is 2.09. The maximum absolute atomic E-state index is 10.6. The predicted octanol–water partition coefficient (Wildman–Crippen LogP) is 1.27. The van der Waals surface area contributed by atoms with Gasteiger partial charge in [0.1, 0.15) is 5.78 Å². The van der Waals surface area contributed by atoms with Crippen LogP contribution in [-0.4, -0.2) is 28.2 Å². The van der Waals surface area contributed by atoms with Gasteiger partial charge in [0, 0.05) is 6.42 Å². The summed E-state index contributed by atoms with van der Waals surface area (Å²) < 4.78 is 0. The highest BCUT2D eigenvalue weighted by atomic mass is 16.3. The van der Waals surface area contributed by atoms with Crippen LogP contribution in [0.3, 0.4) is 0 Å². The minimum atomic E-state index is -0.880. The van der Waals surface area contributed by atoms with Crippen molar-refractivity contribution in [3.05, 3.63) is 0 Å². The number of carbonyl (C=O) groups is 1. The molecular weight excluding hydrogens is 168 g/mol. The van der Waals surface area contributed by atoms with E-state index in [1.165, 1.54) is 6.92 Å². The molecule has 0 rings (SSSR count). The molecule has 0 fully saturated rings. The second-order valence-electron chi connectivity index (χ2n) is 3.54. The molecule has 2 unspecified atom stereocenters. The number of ketones is 1. The Morgan fingerprint density at radius 3 is 2.31 bits per heavy atom. The topological polar surface area (TPSA) is 57.5 Å². The van der Waals surface area contributed by atoms with Gasteiger partial charge in [-0.3, -0.25) is 4.79 Å². The second-order valence-corrected chi connectivity index (χ2v) is 3.54. The summed E-state index contributed by atoms with van der Waals surface area (Å²) in [5.74, 6) is -0.0814. The fourth-order valence-electron chi connectivity index (χ4n) is 1.23. The molecule has 0 aromatic carbocycles. The molecule has 0 aliphatic rings. The van der Waals surface area contributed by atoms with E-state index >= 15 is 0 Å². The molecule has 0 radical (unpaired) electrons. The van der Waals surface area contributed by atoms with Crippen LogP contribution in [-0.2, 0) is 4.79 Å². The second kappa shape index (κ2) is 7.04. The molecular formula is C10H20O3. The molecule has 0 saturated heterocycles. The average molecular weight is 188 g/mol. The van der Waals surface area contributed by atoms with Gasteiger partial charge in [-0.2, -0.15) is 0 Å². The van der Waals surface area contributed by atoms with E-state index in [2.05, 4.69) is 6.92 Å². The highest BCUT2D eigenvalue weighted by molar-refractivity contribution is 5.76. The van der Waals surface area contributed by atoms with E-state index in [0.717, 1.165) is 19.3 Å². The van der Waals surface area contributed by atoms with Gasteiger partial charge in [-0.1, -0.05) is 26.2 Å². The lowest BCUT2D eigenvalue weighted by atomic mass is 10.0. The molecule has 0 saturated carbocycles. The van der Waals surface area contributed by atoms with E-state index in [1.807, 2.05) is 0 Å². The van der Waals surface area contributed by atoms with Crippen molar-refractivity contribution < 1.29 is 15.0 Å². The summed E-state index contributed by atoms with van der Waals surface area (Å²) in [5, 5.41) is 18.7. The Bertz CT molecular complexity index is 145. The fraction of sp³-hybridized carbons (Fsp3) is 0.900. The number of carbonyl (C=O) groups excluding carboxylic acids is 1. The monoisotopic (exact) mass is 188 g/mol. The third-order valence-corrected chi connectivity index (χ3v) is 2.04. The number of hydrogen-bond donors (Lipinski definition) is 2. The zero-order valence-corrected chi connectivity index (χ0v) is 8.49.